The molecular weight excluding hydrogens is 228 g/mol. The standard InChI is InChI=1S/C14H20N2O2/c1-11-3-4-14(18-2)12(9-11)10-16-7-5-13(15-17)6-8-16/h3-4,9,17H,5-8,10H2,1-2H3. The monoisotopic (exact) mass is 248 g/mol. The fraction of sp³-hybridized carbons (Fsp3) is 0.500. The van der Waals surface area contributed by atoms with Crippen molar-refractivity contribution >= 4 is 5.71 Å². The quantitative estimate of drug-likeness (QED) is 0.660. The maximum atomic E-state index is 8.74. The molecule has 0 saturated carbocycles. The minimum Gasteiger partial charge on any atom is -0.496 e. The molecule has 4 nitrogen and oxygen atoms in total. The molecule has 0 amide bonds. The molecule has 1 heterocycles. The molecule has 0 bridgehead atoms. The molecule has 1 N–H and O–H groups in total. The van der Waals surface area contributed by atoms with Crippen LogP contribution < -0.4 is 4.74 Å². The van der Waals surface area contributed by atoms with Gasteiger partial charge in [0.05, 0.1) is 12.8 Å². The Hall–Kier alpha value is -1.55. The Morgan fingerprint density at radius 2 is 2.06 bits per heavy atom. The second-order valence-electron chi connectivity index (χ2n) is 4.76. The molecule has 0 spiro atoms. The molecule has 1 aromatic rings. The van der Waals surface area contributed by atoms with Crippen molar-refractivity contribution in [2.75, 3.05) is 20.2 Å². The maximum absolute atomic E-state index is 8.74. The number of oxime groups is 1. The summed E-state index contributed by atoms with van der Waals surface area (Å²) in [4.78, 5) is 2.37. The number of piperidine rings is 1. The number of hydrogen-bond acceptors (Lipinski definition) is 4. The van der Waals surface area contributed by atoms with Gasteiger partial charge in [-0.15, -0.1) is 0 Å². The number of nitrogens with zero attached hydrogens (tertiary/aromatic N) is 2. The van der Waals surface area contributed by atoms with Crippen LogP contribution in [0, 0.1) is 6.92 Å². The average Bonchev–Trinajstić information content (AvgIpc) is 2.40. The smallest absolute Gasteiger partial charge is 0.123 e. The molecule has 0 aromatic heterocycles. The van der Waals surface area contributed by atoms with E-state index in [4.69, 9.17) is 9.94 Å². The molecule has 0 unspecified atom stereocenters. The van der Waals surface area contributed by atoms with Gasteiger partial charge in [-0.2, -0.15) is 0 Å². The third-order valence-electron chi connectivity index (χ3n) is 3.40. The number of methoxy groups -OCH3 is 1. The van der Waals surface area contributed by atoms with E-state index in [1.165, 1.54) is 11.1 Å². The molecule has 1 aromatic carbocycles. The maximum Gasteiger partial charge on any atom is 0.123 e. The van der Waals surface area contributed by atoms with E-state index in [9.17, 15) is 0 Å². The van der Waals surface area contributed by atoms with E-state index in [1.54, 1.807) is 7.11 Å². The summed E-state index contributed by atoms with van der Waals surface area (Å²) in [7, 11) is 1.71. The van der Waals surface area contributed by atoms with Gasteiger partial charge in [-0.3, -0.25) is 4.90 Å². The van der Waals surface area contributed by atoms with Crippen molar-refractivity contribution in [3.8, 4) is 5.75 Å². The number of rotatable bonds is 3. The van der Waals surface area contributed by atoms with Crippen LogP contribution in [0.1, 0.15) is 24.0 Å². The first-order chi connectivity index (χ1) is 8.72. The Bertz CT molecular complexity index is 433. The van der Waals surface area contributed by atoms with Crippen molar-refractivity contribution in [2.45, 2.75) is 26.3 Å². The van der Waals surface area contributed by atoms with Gasteiger partial charge >= 0.3 is 0 Å². The molecule has 1 fully saturated rings. The third-order valence-corrected chi connectivity index (χ3v) is 3.40. The fourth-order valence-corrected chi connectivity index (χ4v) is 2.34. The summed E-state index contributed by atoms with van der Waals surface area (Å²) in [5.74, 6) is 0.947. The van der Waals surface area contributed by atoms with Crippen LogP contribution in [0.2, 0.25) is 0 Å². The first-order valence-corrected chi connectivity index (χ1v) is 6.28. The summed E-state index contributed by atoms with van der Waals surface area (Å²) in [5, 5.41) is 12.0. The summed E-state index contributed by atoms with van der Waals surface area (Å²) >= 11 is 0. The van der Waals surface area contributed by atoms with Gasteiger partial charge in [-0.05, 0) is 13.0 Å². The predicted octanol–water partition coefficient (Wildman–Crippen LogP) is 2.43. The average molecular weight is 248 g/mol. The molecular formula is C14H20N2O2. The van der Waals surface area contributed by atoms with E-state index in [-0.39, 0.29) is 0 Å². The molecule has 0 radical (unpaired) electrons. The third kappa shape index (κ3) is 3.01. The second kappa shape index (κ2) is 5.87. The zero-order valence-electron chi connectivity index (χ0n) is 11.0. The van der Waals surface area contributed by atoms with Crippen LogP contribution in [0.25, 0.3) is 0 Å². The first-order valence-electron chi connectivity index (χ1n) is 6.28. The van der Waals surface area contributed by atoms with Crippen molar-refractivity contribution in [3.63, 3.8) is 0 Å². The van der Waals surface area contributed by atoms with Gasteiger partial charge in [-0.1, -0.05) is 22.9 Å². The number of likely N-dealkylation sites (tertiary alicyclic amines) is 1. The van der Waals surface area contributed by atoms with Crippen LogP contribution in [-0.2, 0) is 6.54 Å². The fourth-order valence-electron chi connectivity index (χ4n) is 2.34. The molecule has 0 aliphatic carbocycles. The zero-order valence-corrected chi connectivity index (χ0v) is 11.0. The lowest BCUT2D eigenvalue weighted by Crippen LogP contribution is -2.33. The topological polar surface area (TPSA) is 45.1 Å². The van der Waals surface area contributed by atoms with E-state index in [1.807, 2.05) is 6.07 Å². The molecule has 1 aliphatic rings. The van der Waals surface area contributed by atoms with Crippen LogP contribution in [0.3, 0.4) is 0 Å². The summed E-state index contributed by atoms with van der Waals surface area (Å²) in [6.07, 6.45) is 1.70. The second-order valence-corrected chi connectivity index (χ2v) is 4.76. The SMILES string of the molecule is COc1ccc(C)cc1CN1CCC(=NO)CC1. The molecule has 0 atom stereocenters. The van der Waals surface area contributed by atoms with Crippen LogP contribution in [-0.4, -0.2) is 36.0 Å². The highest BCUT2D eigenvalue weighted by Crippen LogP contribution is 2.22. The Morgan fingerprint density at radius 3 is 2.67 bits per heavy atom. The summed E-state index contributed by atoms with van der Waals surface area (Å²) in [6.45, 7) is 4.87. The molecule has 18 heavy (non-hydrogen) atoms. The van der Waals surface area contributed by atoms with Gasteiger partial charge in [0.15, 0.2) is 0 Å². The van der Waals surface area contributed by atoms with Crippen molar-refractivity contribution < 1.29 is 9.94 Å². The van der Waals surface area contributed by atoms with Gasteiger partial charge < -0.3 is 9.94 Å². The predicted molar refractivity (Wildman–Crippen MR) is 71.5 cm³/mol. The number of benzene rings is 1. The lowest BCUT2D eigenvalue weighted by atomic mass is 10.1. The Kier molecular flexibility index (Phi) is 4.20. The Labute approximate surface area is 108 Å². The highest BCUT2D eigenvalue weighted by atomic mass is 16.5. The van der Waals surface area contributed by atoms with Crippen molar-refractivity contribution in [1.82, 2.24) is 4.90 Å². The molecule has 4 heteroatoms. The lowest BCUT2D eigenvalue weighted by Gasteiger charge is -2.27. The van der Waals surface area contributed by atoms with Crippen molar-refractivity contribution in [1.29, 1.82) is 0 Å². The normalized spacial score (nSPS) is 16.7. The highest BCUT2D eigenvalue weighted by Gasteiger charge is 2.16. The van der Waals surface area contributed by atoms with Crippen molar-refractivity contribution in [2.24, 2.45) is 5.16 Å². The van der Waals surface area contributed by atoms with Gasteiger partial charge in [-0.25, -0.2) is 0 Å². The van der Waals surface area contributed by atoms with Gasteiger partial charge in [0.1, 0.15) is 5.75 Å². The minimum absolute atomic E-state index is 0.852. The van der Waals surface area contributed by atoms with Crippen LogP contribution in [0.15, 0.2) is 23.4 Å². The summed E-state index contributed by atoms with van der Waals surface area (Å²) in [5.41, 5.74) is 3.38. The molecule has 2 rings (SSSR count). The lowest BCUT2D eigenvalue weighted by molar-refractivity contribution is 0.252. The van der Waals surface area contributed by atoms with Crippen LogP contribution >= 0.6 is 0 Å². The van der Waals surface area contributed by atoms with E-state index in [0.717, 1.165) is 43.9 Å². The number of ether oxygens (including phenoxy) is 1. The Morgan fingerprint density at radius 1 is 1.33 bits per heavy atom. The largest absolute Gasteiger partial charge is 0.496 e. The van der Waals surface area contributed by atoms with E-state index in [2.05, 4.69) is 29.1 Å². The highest BCUT2D eigenvalue weighted by molar-refractivity contribution is 5.84. The number of aryl methyl sites for hydroxylation is 1. The van der Waals surface area contributed by atoms with Crippen LogP contribution in [0.5, 0.6) is 5.75 Å². The van der Waals surface area contributed by atoms with Crippen molar-refractivity contribution in [3.05, 3.63) is 29.3 Å². The minimum atomic E-state index is 0.852. The number of hydrogen-bond donors (Lipinski definition) is 1. The van der Waals surface area contributed by atoms with Gasteiger partial charge in [0.2, 0.25) is 0 Å². The molecule has 1 saturated heterocycles. The summed E-state index contributed by atoms with van der Waals surface area (Å²) in [6, 6.07) is 6.26. The van der Waals surface area contributed by atoms with E-state index >= 15 is 0 Å². The molecule has 1 aliphatic heterocycles. The summed E-state index contributed by atoms with van der Waals surface area (Å²) < 4.78 is 5.39. The van der Waals surface area contributed by atoms with Crippen LogP contribution in [0.4, 0.5) is 0 Å². The van der Waals surface area contributed by atoms with Gasteiger partial charge in [0.25, 0.3) is 0 Å². The zero-order chi connectivity index (χ0) is 13.0. The van der Waals surface area contributed by atoms with E-state index < -0.39 is 0 Å². The first kappa shape index (κ1) is 12.9. The Balaban J connectivity index is 2.03. The van der Waals surface area contributed by atoms with E-state index in [0.29, 0.717) is 0 Å². The molecule has 98 valence electrons. The van der Waals surface area contributed by atoms with Gasteiger partial charge in [0, 0.05) is 38.0 Å².